The van der Waals surface area contributed by atoms with Crippen molar-refractivity contribution in [2.75, 3.05) is 11.5 Å². The van der Waals surface area contributed by atoms with Crippen LogP contribution in [-0.4, -0.2) is 39.4 Å². The second-order valence-corrected chi connectivity index (χ2v) is 6.24. The summed E-state index contributed by atoms with van der Waals surface area (Å²) in [5, 5.41) is 8.57. The van der Waals surface area contributed by atoms with E-state index < -0.39 is 5.97 Å². The molecule has 1 fully saturated rings. The number of amides is 1. The van der Waals surface area contributed by atoms with Crippen LogP contribution in [0.1, 0.15) is 44.9 Å². The van der Waals surface area contributed by atoms with E-state index >= 15 is 0 Å². The molecule has 1 saturated carbocycles. The van der Waals surface area contributed by atoms with Gasteiger partial charge in [-0.15, -0.1) is 0 Å². The Hall–Kier alpha value is -0.970. The summed E-state index contributed by atoms with van der Waals surface area (Å²) in [6, 6.07) is 0.414. The highest BCUT2D eigenvalue weighted by Gasteiger charge is 2.34. The Balaban J connectivity index is 1.83. The molecular formula is C14H21NO3S. The molecule has 4 nitrogen and oxygen atoms in total. The zero-order valence-electron chi connectivity index (χ0n) is 11.1. The topological polar surface area (TPSA) is 57.6 Å². The third-order valence-electron chi connectivity index (χ3n) is 3.44. The van der Waals surface area contributed by atoms with E-state index in [9.17, 15) is 9.59 Å². The third kappa shape index (κ3) is 4.56. The molecule has 0 saturated heterocycles. The first-order valence-electron chi connectivity index (χ1n) is 6.99. The molecule has 0 bridgehead atoms. The molecule has 2 rings (SSSR count). The number of hydrogen-bond acceptors (Lipinski definition) is 3. The maximum atomic E-state index is 12.3. The maximum absolute atomic E-state index is 12.3. The first-order valence-corrected chi connectivity index (χ1v) is 8.14. The minimum atomic E-state index is -0.797. The minimum Gasteiger partial charge on any atom is -0.481 e. The van der Waals surface area contributed by atoms with Crippen LogP contribution in [0, 0.1) is 0 Å². The number of aliphatic carboxylic acids is 1. The van der Waals surface area contributed by atoms with Crippen LogP contribution in [-0.2, 0) is 9.59 Å². The lowest BCUT2D eigenvalue weighted by Crippen LogP contribution is -2.34. The van der Waals surface area contributed by atoms with Crippen molar-refractivity contribution in [1.29, 1.82) is 0 Å². The predicted molar refractivity (Wildman–Crippen MR) is 76.0 cm³/mol. The molecule has 0 aromatic heterocycles. The number of nitrogens with zero attached hydrogens (tertiary/aromatic N) is 1. The number of carboxylic acid groups (broad SMARTS) is 1. The van der Waals surface area contributed by atoms with Gasteiger partial charge in [0.2, 0.25) is 5.91 Å². The Morgan fingerprint density at radius 3 is 2.74 bits per heavy atom. The maximum Gasteiger partial charge on any atom is 0.304 e. The van der Waals surface area contributed by atoms with Gasteiger partial charge in [0.05, 0.1) is 12.2 Å². The van der Waals surface area contributed by atoms with Crippen molar-refractivity contribution in [2.24, 2.45) is 0 Å². The van der Waals surface area contributed by atoms with Crippen LogP contribution in [0.2, 0.25) is 0 Å². The molecule has 5 heteroatoms. The van der Waals surface area contributed by atoms with Crippen LogP contribution in [0.25, 0.3) is 0 Å². The Kier molecular flexibility index (Phi) is 5.31. The molecule has 1 amide bonds. The van der Waals surface area contributed by atoms with Crippen LogP contribution < -0.4 is 0 Å². The Bertz CT molecular complexity index is 377. The Morgan fingerprint density at radius 2 is 2.16 bits per heavy atom. The van der Waals surface area contributed by atoms with Gasteiger partial charge in [-0.1, -0.05) is 6.08 Å². The lowest BCUT2D eigenvalue weighted by Gasteiger charge is -2.27. The summed E-state index contributed by atoms with van der Waals surface area (Å²) in [7, 11) is 0. The normalized spacial score (nSPS) is 18.8. The van der Waals surface area contributed by atoms with Crippen LogP contribution >= 0.6 is 11.8 Å². The van der Waals surface area contributed by atoms with Crippen molar-refractivity contribution in [3.63, 3.8) is 0 Å². The van der Waals surface area contributed by atoms with Gasteiger partial charge in [-0.3, -0.25) is 9.59 Å². The molecule has 2 aliphatic rings. The van der Waals surface area contributed by atoms with Crippen LogP contribution in [0.4, 0.5) is 0 Å². The number of thioether (sulfide) groups is 1. The number of carboxylic acids is 1. The Morgan fingerprint density at radius 1 is 1.37 bits per heavy atom. The largest absolute Gasteiger partial charge is 0.481 e. The zero-order chi connectivity index (χ0) is 13.7. The average molecular weight is 283 g/mol. The van der Waals surface area contributed by atoms with Crippen LogP contribution in [0.3, 0.4) is 0 Å². The van der Waals surface area contributed by atoms with E-state index in [2.05, 4.69) is 6.08 Å². The number of hydrogen-bond donors (Lipinski definition) is 1. The number of carbonyl (C=O) groups excluding carboxylic acids is 1. The molecule has 106 valence electrons. The number of carbonyl (C=O) groups is 2. The standard InChI is InChI=1S/C14H21NO3S/c16-13(10-19-9-8-14(17)18)15(12-6-7-12)11-4-2-1-3-5-11/h4,12H,1-3,5-10H2,(H,17,18). The molecule has 19 heavy (non-hydrogen) atoms. The van der Waals surface area contributed by atoms with E-state index in [0.717, 1.165) is 25.7 Å². The second-order valence-electron chi connectivity index (χ2n) is 5.13. The summed E-state index contributed by atoms with van der Waals surface area (Å²) >= 11 is 1.43. The summed E-state index contributed by atoms with van der Waals surface area (Å²) in [5.74, 6) is 0.278. The van der Waals surface area contributed by atoms with Crippen molar-refractivity contribution in [3.05, 3.63) is 11.8 Å². The van der Waals surface area contributed by atoms with Gasteiger partial charge in [0.25, 0.3) is 0 Å². The van der Waals surface area contributed by atoms with Crippen LogP contribution in [0.15, 0.2) is 11.8 Å². The van der Waals surface area contributed by atoms with Gasteiger partial charge in [0, 0.05) is 17.5 Å². The first-order chi connectivity index (χ1) is 9.18. The quantitative estimate of drug-likeness (QED) is 0.730. The molecule has 0 aliphatic heterocycles. The molecule has 0 spiro atoms. The summed E-state index contributed by atoms with van der Waals surface area (Å²) < 4.78 is 0. The molecular weight excluding hydrogens is 262 g/mol. The molecule has 0 atom stereocenters. The molecule has 0 heterocycles. The van der Waals surface area contributed by atoms with Gasteiger partial charge in [-0.2, -0.15) is 11.8 Å². The summed E-state index contributed by atoms with van der Waals surface area (Å²) in [4.78, 5) is 24.7. The van der Waals surface area contributed by atoms with Gasteiger partial charge >= 0.3 is 5.97 Å². The van der Waals surface area contributed by atoms with Gasteiger partial charge in [-0.25, -0.2) is 0 Å². The highest BCUT2D eigenvalue weighted by atomic mass is 32.2. The summed E-state index contributed by atoms with van der Waals surface area (Å²) in [6.45, 7) is 0. The SMILES string of the molecule is O=C(O)CCSCC(=O)N(C1=CCCCC1)C1CC1. The first kappa shape index (κ1) is 14.4. The zero-order valence-corrected chi connectivity index (χ0v) is 12.0. The molecule has 0 unspecified atom stereocenters. The highest BCUT2D eigenvalue weighted by molar-refractivity contribution is 7.99. The van der Waals surface area contributed by atoms with Crippen molar-refractivity contribution in [2.45, 2.75) is 51.0 Å². The number of allylic oxidation sites excluding steroid dienone is 2. The van der Waals surface area contributed by atoms with E-state index in [1.807, 2.05) is 4.90 Å². The van der Waals surface area contributed by atoms with Crippen molar-refractivity contribution < 1.29 is 14.7 Å². The highest BCUT2D eigenvalue weighted by Crippen LogP contribution is 2.34. The van der Waals surface area contributed by atoms with Gasteiger partial charge < -0.3 is 10.0 Å². The molecule has 2 aliphatic carbocycles. The molecule has 0 aromatic rings. The lowest BCUT2D eigenvalue weighted by atomic mass is 10.0. The van der Waals surface area contributed by atoms with Crippen LogP contribution in [0.5, 0.6) is 0 Å². The van der Waals surface area contributed by atoms with Gasteiger partial charge in [0.15, 0.2) is 0 Å². The fraction of sp³-hybridized carbons (Fsp3) is 0.714. The van der Waals surface area contributed by atoms with Gasteiger partial charge in [0.1, 0.15) is 0 Å². The van der Waals surface area contributed by atoms with E-state index in [-0.39, 0.29) is 12.3 Å². The van der Waals surface area contributed by atoms with Gasteiger partial charge in [-0.05, 0) is 38.5 Å². The molecule has 0 radical (unpaired) electrons. The number of rotatable bonds is 7. The fourth-order valence-corrected chi connectivity index (χ4v) is 3.14. The van der Waals surface area contributed by atoms with Crippen molar-refractivity contribution in [3.8, 4) is 0 Å². The summed E-state index contributed by atoms with van der Waals surface area (Å²) in [5.41, 5.74) is 1.21. The van der Waals surface area contributed by atoms with E-state index in [0.29, 0.717) is 17.5 Å². The van der Waals surface area contributed by atoms with E-state index in [4.69, 9.17) is 5.11 Å². The lowest BCUT2D eigenvalue weighted by molar-refractivity contribution is -0.136. The van der Waals surface area contributed by atoms with E-state index in [1.165, 1.54) is 30.3 Å². The predicted octanol–water partition coefficient (Wildman–Crippen LogP) is 2.64. The van der Waals surface area contributed by atoms with E-state index in [1.54, 1.807) is 0 Å². The van der Waals surface area contributed by atoms with Crippen molar-refractivity contribution >= 4 is 23.6 Å². The second kappa shape index (κ2) is 6.98. The minimum absolute atomic E-state index is 0.129. The van der Waals surface area contributed by atoms with Crippen molar-refractivity contribution in [1.82, 2.24) is 4.90 Å². The fourth-order valence-electron chi connectivity index (χ4n) is 2.36. The smallest absolute Gasteiger partial charge is 0.304 e. The Labute approximate surface area is 118 Å². The summed E-state index contributed by atoms with van der Waals surface area (Å²) in [6.07, 6.45) is 9.07. The monoisotopic (exact) mass is 283 g/mol. The average Bonchev–Trinajstić information content (AvgIpc) is 3.21. The molecule has 0 aromatic carbocycles. The molecule has 1 N–H and O–H groups in total. The third-order valence-corrected chi connectivity index (χ3v) is 4.39.